The molecule has 2 amide bonds. The van der Waals surface area contributed by atoms with Gasteiger partial charge in [-0.15, -0.1) is 0 Å². The van der Waals surface area contributed by atoms with E-state index in [1.807, 2.05) is 19.3 Å². The van der Waals surface area contributed by atoms with E-state index >= 15 is 0 Å². The molecule has 0 radical (unpaired) electrons. The molecule has 3 rings (SSSR count). The molecule has 0 saturated heterocycles. The summed E-state index contributed by atoms with van der Waals surface area (Å²) in [6.07, 6.45) is 8.94. The van der Waals surface area contributed by atoms with E-state index in [1.54, 1.807) is 47.5 Å². The van der Waals surface area contributed by atoms with Gasteiger partial charge in [0.2, 0.25) is 0 Å². The zero-order chi connectivity index (χ0) is 19.4. The fraction of sp³-hybridized carbons (Fsp3) is 0.0556. The molecule has 0 aliphatic carbocycles. The highest BCUT2D eigenvalue weighted by molar-refractivity contribution is 6.37. The van der Waals surface area contributed by atoms with Gasteiger partial charge in [-0.1, -0.05) is 41.4 Å². The second-order valence-corrected chi connectivity index (χ2v) is 6.39. The number of hydrogen-bond donors (Lipinski definition) is 3. The minimum Gasteiger partial charge on any atom is -0.355 e. The van der Waals surface area contributed by atoms with Crippen LogP contribution in [0.5, 0.6) is 0 Å². The summed E-state index contributed by atoms with van der Waals surface area (Å²) >= 11 is 12.2. The Labute approximate surface area is 165 Å². The smallest absolute Gasteiger partial charge is 0.275 e. The standard InChI is InChI=1S/C18H15Cl2N5O2/c1-25-9-5-4-6-11(10-25)21-18(27)15-14(20)16(24-23-15)22-17(26)12-7-2-3-8-13(12)19/h2-10H,1H3,(H,21,27)(H2,22,23,24,26). The summed E-state index contributed by atoms with van der Waals surface area (Å²) in [6, 6.07) is 6.57. The number of amides is 2. The molecular weight excluding hydrogens is 389 g/mol. The molecular formula is C18H15Cl2N5O2. The van der Waals surface area contributed by atoms with Crippen LogP contribution >= 0.6 is 23.2 Å². The summed E-state index contributed by atoms with van der Waals surface area (Å²) < 4.78 is 0. The largest absolute Gasteiger partial charge is 0.355 e. The Morgan fingerprint density at radius 2 is 1.89 bits per heavy atom. The summed E-state index contributed by atoms with van der Waals surface area (Å²) in [5, 5.41) is 12.0. The number of aromatic amines is 1. The van der Waals surface area contributed by atoms with Gasteiger partial charge in [0, 0.05) is 19.4 Å². The van der Waals surface area contributed by atoms with Crippen molar-refractivity contribution in [3.63, 3.8) is 0 Å². The molecule has 7 nitrogen and oxygen atoms in total. The molecule has 1 aliphatic rings. The third kappa shape index (κ3) is 4.39. The first-order valence-electron chi connectivity index (χ1n) is 7.85. The topological polar surface area (TPSA) is 90.1 Å². The fourth-order valence-corrected chi connectivity index (χ4v) is 2.74. The number of hydrogen-bond acceptors (Lipinski definition) is 4. The first kappa shape index (κ1) is 18.8. The maximum absolute atomic E-state index is 12.5. The lowest BCUT2D eigenvalue weighted by molar-refractivity contribution is 0.0960. The zero-order valence-corrected chi connectivity index (χ0v) is 15.7. The number of aromatic nitrogens is 2. The van der Waals surface area contributed by atoms with Crippen molar-refractivity contribution >= 4 is 40.8 Å². The molecule has 2 heterocycles. The Morgan fingerprint density at radius 3 is 2.67 bits per heavy atom. The molecule has 9 heteroatoms. The van der Waals surface area contributed by atoms with Crippen LogP contribution < -0.4 is 10.6 Å². The van der Waals surface area contributed by atoms with Crippen LogP contribution in [0, 0.1) is 0 Å². The summed E-state index contributed by atoms with van der Waals surface area (Å²) in [4.78, 5) is 26.6. The van der Waals surface area contributed by atoms with E-state index in [2.05, 4.69) is 20.8 Å². The molecule has 0 atom stereocenters. The average molecular weight is 404 g/mol. The van der Waals surface area contributed by atoms with Gasteiger partial charge in [0.05, 0.1) is 16.3 Å². The third-order valence-corrected chi connectivity index (χ3v) is 4.29. The van der Waals surface area contributed by atoms with Crippen molar-refractivity contribution in [1.29, 1.82) is 0 Å². The van der Waals surface area contributed by atoms with Crippen LogP contribution in [0.2, 0.25) is 10.0 Å². The van der Waals surface area contributed by atoms with Crippen LogP contribution in [0.3, 0.4) is 0 Å². The van der Waals surface area contributed by atoms with Gasteiger partial charge in [0.15, 0.2) is 5.82 Å². The molecule has 0 saturated carbocycles. The Hall–Kier alpha value is -3.03. The van der Waals surface area contributed by atoms with Gasteiger partial charge in [-0.3, -0.25) is 14.7 Å². The second kappa shape index (κ2) is 8.11. The average Bonchev–Trinajstić information content (AvgIpc) is 2.86. The van der Waals surface area contributed by atoms with Crippen molar-refractivity contribution in [2.45, 2.75) is 0 Å². The maximum atomic E-state index is 12.5. The van der Waals surface area contributed by atoms with Gasteiger partial charge >= 0.3 is 0 Å². The highest BCUT2D eigenvalue weighted by atomic mass is 35.5. The van der Waals surface area contributed by atoms with Crippen LogP contribution in [0.4, 0.5) is 5.82 Å². The predicted molar refractivity (Wildman–Crippen MR) is 105 cm³/mol. The SMILES string of the molecule is CN1C=CC=CC(NC(=O)c2[nH]nc(NC(=O)c3ccccc3Cl)c2Cl)=C1. The summed E-state index contributed by atoms with van der Waals surface area (Å²) in [6.45, 7) is 0. The Morgan fingerprint density at radius 1 is 1.11 bits per heavy atom. The van der Waals surface area contributed by atoms with Crippen molar-refractivity contribution in [3.05, 3.63) is 81.9 Å². The molecule has 1 aromatic carbocycles. The van der Waals surface area contributed by atoms with Crippen molar-refractivity contribution in [2.75, 3.05) is 12.4 Å². The fourth-order valence-electron chi connectivity index (χ4n) is 2.30. The predicted octanol–water partition coefficient (Wildman–Crippen LogP) is 3.56. The van der Waals surface area contributed by atoms with E-state index in [0.717, 1.165) is 0 Å². The molecule has 2 aromatic rings. The Kier molecular flexibility index (Phi) is 5.63. The van der Waals surface area contributed by atoms with Crippen molar-refractivity contribution in [3.8, 4) is 0 Å². The second-order valence-electron chi connectivity index (χ2n) is 5.60. The number of nitrogens with one attached hydrogen (secondary N) is 3. The molecule has 0 bridgehead atoms. The number of allylic oxidation sites excluding steroid dienone is 3. The van der Waals surface area contributed by atoms with Gasteiger partial charge in [-0.25, -0.2) is 0 Å². The monoisotopic (exact) mass is 403 g/mol. The molecule has 3 N–H and O–H groups in total. The van der Waals surface area contributed by atoms with Gasteiger partial charge in [-0.2, -0.15) is 5.10 Å². The Bertz CT molecular complexity index is 978. The number of carbonyl (C=O) groups is 2. The van der Waals surface area contributed by atoms with Crippen molar-refractivity contribution in [1.82, 2.24) is 20.4 Å². The first-order chi connectivity index (χ1) is 13.0. The van der Waals surface area contributed by atoms with E-state index in [-0.39, 0.29) is 22.1 Å². The molecule has 1 aliphatic heterocycles. The highest BCUT2D eigenvalue weighted by Crippen LogP contribution is 2.25. The summed E-state index contributed by atoms with van der Waals surface area (Å²) in [5.74, 6) is -0.934. The zero-order valence-electron chi connectivity index (χ0n) is 14.2. The first-order valence-corrected chi connectivity index (χ1v) is 8.61. The van der Waals surface area contributed by atoms with Gasteiger partial charge < -0.3 is 15.5 Å². The van der Waals surface area contributed by atoms with Crippen LogP contribution in [-0.4, -0.2) is 34.0 Å². The van der Waals surface area contributed by atoms with E-state index < -0.39 is 11.8 Å². The van der Waals surface area contributed by atoms with Crippen molar-refractivity contribution < 1.29 is 9.59 Å². The van der Waals surface area contributed by atoms with Crippen LogP contribution in [-0.2, 0) is 0 Å². The number of rotatable bonds is 4. The molecule has 0 fully saturated rings. The lowest BCUT2D eigenvalue weighted by atomic mass is 10.2. The number of nitrogens with zero attached hydrogens (tertiary/aromatic N) is 2. The number of H-pyrrole nitrogens is 1. The number of halogens is 2. The molecule has 0 spiro atoms. The van der Waals surface area contributed by atoms with Crippen LogP contribution in [0.1, 0.15) is 20.8 Å². The normalized spacial score (nSPS) is 13.1. The maximum Gasteiger partial charge on any atom is 0.275 e. The molecule has 0 unspecified atom stereocenters. The minimum atomic E-state index is -0.489. The highest BCUT2D eigenvalue weighted by Gasteiger charge is 2.21. The van der Waals surface area contributed by atoms with Gasteiger partial charge in [0.1, 0.15) is 10.7 Å². The van der Waals surface area contributed by atoms with Gasteiger partial charge in [0.25, 0.3) is 11.8 Å². The number of anilines is 1. The number of carbonyl (C=O) groups excluding carboxylic acids is 2. The quantitative estimate of drug-likeness (QED) is 0.727. The van der Waals surface area contributed by atoms with Gasteiger partial charge in [-0.05, 0) is 24.3 Å². The lowest BCUT2D eigenvalue weighted by Crippen LogP contribution is -2.23. The molecule has 27 heavy (non-hydrogen) atoms. The molecule has 138 valence electrons. The Balaban J connectivity index is 1.74. The van der Waals surface area contributed by atoms with Crippen LogP contribution in [0.25, 0.3) is 0 Å². The lowest BCUT2D eigenvalue weighted by Gasteiger charge is -2.09. The van der Waals surface area contributed by atoms with Crippen molar-refractivity contribution in [2.24, 2.45) is 0 Å². The minimum absolute atomic E-state index is 0.00224. The summed E-state index contributed by atoms with van der Waals surface area (Å²) in [5.41, 5.74) is 0.869. The molecule has 1 aromatic heterocycles. The van der Waals surface area contributed by atoms with E-state index in [1.165, 1.54) is 0 Å². The summed E-state index contributed by atoms with van der Waals surface area (Å²) in [7, 11) is 1.83. The number of benzene rings is 1. The van der Waals surface area contributed by atoms with E-state index in [0.29, 0.717) is 10.7 Å². The van der Waals surface area contributed by atoms with E-state index in [4.69, 9.17) is 23.2 Å². The van der Waals surface area contributed by atoms with E-state index in [9.17, 15) is 9.59 Å². The third-order valence-electron chi connectivity index (χ3n) is 3.59. The van der Waals surface area contributed by atoms with Crippen LogP contribution in [0.15, 0.2) is 60.6 Å².